The fourth-order valence-corrected chi connectivity index (χ4v) is 4.08. The second-order valence-corrected chi connectivity index (χ2v) is 8.45. The summed E-state index contributed by atoms with van der Waals surface area (Å²) in [5.74, 6) is 0.0648. The number of halogens is 2. The largest absolute Gasteiger partial charge is 0.343 e. The lowest BCUT2D eigenvalue weighted by atomic mass is 9.84. The molecule has 5 heterocycles. The molecule has 7 nitrogen and oxygen atoms in total. The Morgan fingerprint density at radius 3 is 2.50 bits per heavy atom. The van der Waals surface area contributed by atoms with E-state index in [-0.39, 0.29) is 23.3 Å². The van der Waals surface area contributed by atoms with Crippen LogP contribution in [0.4, 0.5) is 14.6 Å². The molecule has 0 aliphatic carbocycles. The van der Waals surface area contributed by atoms with Crippen molar-refractivity contribution < 1.29 is 8.78 Å². The van der Waals surface area contributed by atoms with Crippen molar-refractivity contribution in [1.82, 2.24) is 29.7 Å². The van der Waals surface area contributed by atoms with E-state index in [1.54, 1.807) is 6.92 Å². The molecule has 176 valence electrons. The number of anilines is 1. The van der Waals surface area contributed by atoms with Gasteiger partial charge in [0, 0.05) is 28.6 Å². The van der Waals surface area contributed by atoms with Crippen LogP contribution in [0.3, 0.4) is 0 Å². The molecule has 1 aliphatic rings. The molecule has 4 aromatic heterocycles. The highest BCUT2D eigenvalue weighted by molar-refractivity contribution is 5.90. The predicted molar refractivity (Wildman–Crippen MR) is 128 cm³/mol. The summed E-state index contributed by atoms with van der Waals surface area (Å²) in [6.07, 6.45) is 1.51. The Labute approximate surface area is 197 Å². The van der Waals surface area contributed by atoms with E-state index in [4.69, 9.17) is 0 Å². The molecule has 1 N–H and O–H groups in total. The van der Waals surface area contributed by atoms with E-state index >= 15 is 0 Å². The van der Waals surface area contributed by atoms with Crippen molar-refractivity contribution in [2.45, 2.75) is 53.5 Å². The van der Waals surface area contributed by atoms with Crippen LogP contribution < -0.4 is 5.32 Å². The SMILES string of the molecule is C=C1Nc2nc(-c3nn(Cc4ncccc4F)c4nc(C)c(F)cc34)nc(C)c2C1(C)C.CC. The third kappa shape index (κ3) is 3.70. The first-order chi connectivity index (χ1) is 16.2. The highest BCUT2D eigenvalue weighted by Gasteiger charge is 2.37. The third-order valence-corrected chi connectivity index (χ3v) is 5.94. The van der Waals surface area contributed by atoms with Gasteiger partial charge in [0.2, 0.25) is 0 Å². The van der Waals surface area contributed by atoms with Crippen LogP contribution in [0.15, 0.2) is 36.7 Å². The number of rotatable bonds is 3. The van der Waals surface area contributed by atoms with Crippen LogP contribution >= 0.6 is 0 Å². The molecule has 1 aliphatic heterocycles. The number of hydrogen-bond acceptors (Lipinski definition) is 6. The fraction of sp³-hybridized carbons (Fsp3) is 0.320. The number of fused-ring (bicyclic) bond motifs is 2. The molecule has 5 rings (SSSR count). The maximum atomic E-state index is 14.5. The van der Waals surface area contributed by atoms with Gasteiger partial charge in [-0.3, -0.25) is 4.98 Å². The maximum absolute atomic E-state index is 14.5. The van der Waals surface area contributed by atoms with Gasteiger partial charge in [0.15, 0.2) is 11.5 Å². The number of aromatic nitrogens is 6. The summed E-state index contributed by atoms with van der Waals surface area (Å²) < 4.78 is 30.2. The van der Waals surface area contributed by atoms with E-state index in [2.05, 4.69) is 50.8 Å². The Bertz CT molecular complexity index is 1420. The number of hydrogen-bond donors (Lipinski definition) is 1. The molecular weight excluding hydrogens is 436 g/mol. The lowest BCUT2D eigenvalue weighted by Gasteiger charge is -2.20. The normalized spacial score (nSPS) is 13.9. The van der Waals surface area contributed by atoms with Gasteiger partial charge in [-0.2, -0.15) is 5.10 Å². The smallest absolute Gasteiger partial charge is 0.183 e. The Balaban J connectivity index is 0.00000133. The van der Waals surface area contributed by atoms with Crippen LogP contribution in [0.5, 0.6) is 0 Å². The number of nitrogens with one attached hydrogen (secondary N) is 1. The van der Waals surface area contributed by atoms with Gasteiger partial charge in [0.1, 0.15) is 23.1 Å². The van der Waals surface area contributed by atoms with E-state index in [0.29, 0.717) is 28.4 Å². The van der Waals surface area contributed by atoms with Crippen molar-refractivity contribution in [3.63, 3.8) is 0 Å². The molecule has 0 bridgehead atoms. The average molecular weight is 464 g/mol. The summed E-state index contributed by atoms with van der Waals surface area (Å²) in [4.78, 5) is 17.8. The summed E-state index contributed by atoms with van der Waals surface area (Å²) in [5.41, 5.74) is 3.45. The molecule has 0 saturated carbocycles. The van der Waals surface area contributed by atoms with Gasteiger partial charge in [-0.1, -0.05) is 34.3 Å². The summed E-state index contributed by atoms with van der Waals surface area (Å²) in [5, 5.41) is 8.28. The minimum absolute atomic E-state index is 0.0350. The van der Waals surface area contributed by atoms with E-state index in [1.165, 1.54) is 29.1 Å². The van der Waals surface area contributed by atoms with Crippen LogP contribution in [0.1, 0.15) is 50.3 Å². The van der Waals surface area contributed by atoms with Crippen molar-refractivity contribution in [3.05, 3.63) is 71.0 Å². The number of allylic oxidation sites excluding steroid dienone is 1. The third-order valence-electron chi connectivity index (χ3n) is 5.94. The van der Waals surface area contributed by atoms with Crippen molar-refractivity contribution in [3.8, 4) is 11.5 Å². The van der Waals surface area contributed by atoms with Crippen LogP contribution in [0, 0.1) is 25.5 Å². The number of pyridine rings is 2. The zero-order valence-corrected chi connectivity index (χ0v) is 20.2. The summed E-state index contributed by atoms with van der Waals surface area (Å²) >= 11 is 0. The molecule has 0 amide bonds. The average Bonchev–Trinajstić information content (AvgIpc) is 3.25. The van der Waals surface area contributed by atoms with E-state index in [9.17, 15) is 8.78 Å². The molecule has 0 fully saturated rings. The van der Waals surface area contributed by atoms with Gasteiger partial charge >= 0.3 is 0 Å². The summed E-state index contributed by atoms with van der Waals surface area (Å²) in [6, 6.07) is 4.22. The van der Waals surface area contributed by atoms with Gasteiger partial charge < -0.3 is 5.32 Å². The van der Waals surface area contributed by atoms with E-state index in [1.807, 2.05) is 20.8 Å². The van der Waals surface area contributed by atoms with Gasteiger partial charge in [-0.15, -0.1) is 0 Å². The second kappa shape index (κ2) is 8.55. The van der Waals surface area contributed by atoms with Gasteiger partial charge in [-0.25, -0.2) is 28.4 Å². The van der Waals surface area contributed by atoms with Gasteiger partial charge in [-0.05, 0) is 32.0 Å². The molecule has 0 spiro atoms. The fourth-order valence-electron chi connectivity index (χ4n) is 4.08. The van der Waals surface area contributed by atoms with Crippen LogP contribution in [-0.4, -0.2) is 29.7 Å². The Kier molecular flexibility index (Phi) is 5.89. The number of aryl methyl sites for hydroxylation is 2. The molecule has 9 heteroatoms. The lowest BCUT2D eigenvalue weighted by molar-refractivity contribution is 0.574. The monoisotopic (exact) mass is 463 g/mol. The number of nitrogens with zero attached hydrogens (tertiary/aromatic N) is 6. The van der Waals surface area contributed by atoms with E-state index in [0.717, 1.165) is 17.0 Å². The van der Waals surface area contributed by atoms with Crippen LogP contribution in [0.25, 0.3) is 22.6 Å². The Morgan fingerprint density at radius 2 is 1.79 bits per heavy atom. The van der Waals surface area contributed by atoms with E-state index < -0.39 is 11.6 Å². The molecule has 0 atom stereocenters. The molecule has 0 saturated heterocycles. The first kappa shape index (κ1) is 23.4. The topological polar surface area (TPSA) is 81.4 Å². The van der Waals surface area contributed by atoms with Gasteiger partial charge in [0.05, 0.1) is 23.3 Å². The molecule has 0 radical (unpaired) electrons. The van der Waals surface area contributed by atoms with Crippen molar-refractivity contribution in [2.24, 2.45) is 0 Å². The summed E-state index contributed by atoms with van der Waals surface area (Å²) in [7, 11) is 0. The zero-order chi connectivity index (χ0) is 24.8. The van der Waals surface area contributed by atoms with Crippen LogP contribution in [0.2, 0.25) is 0 Å². The van der Waals surface area contributed by atoms with Crippen molar-refractivity contribution >= 4 is 16.9 Å². The first-order valence-corrected chi connectivity index (χ1v) is 11.2. The van der Waals surface area contributed by atoms with Crippen LogP contribution in [-0.2, 0) is 12.0 Å². The van der Waals surface area contributed by atoms with Crippen molar-refractivity contribution in [1.29, 1.82) is 0 Å². The highest BCUT2D eigenvalue weighted by Crippen LogP contribution is 2.43. The quantitative estimate of drug-likeness (QED) is 0.434. The summed E-state index contributed by atoms with van der Waals surface area (Å²) in [6.45, 7) is 15.7. The Morgan fingerprint density at radius 1 is 1.06 bits per heavy atom. The minimum Gasteiger partial charge on any atom is -0.343 e. The minimum atomic E-state index is -0.465. The lowest BCUT2D eigenvalue weighted by Crippen LogP contribution is -2.17. The molecule has 0 unspecified atom stereocenters. The molecule has 0 aromatic carbocycles. The maximum Gasteiger partial charge on any atom is 0.183 e. The zero-order valence-electron chi connectivity index (χ0n) is 20.2. The van der Waals surface area contributed by atoms with Gasteiger partial charge in [0.25, 0.3) is 0 Å². The predicted octanol–water partition coefficient (Wildman–Crippen LogP) is 5.47. The molecule has 4 aromatic rings. The highest BCUT2D eigenvalue weighted by atomic mass is 19.1. The van der Waals surface area contributed by atoms with Crippen molar-refractivity contribution in [2.75, 3.05) is 5.32 Å². The first-order valence-electron chi connectivity index (χ1n) is 11.2. The molecular formula is C25H27F2N7. The standard InChI is InChI=1S/C23H21F2N7.C2H6/c1-11-16(25)9-14-19(21-27-12(2)18-20(30-21)29-13(3)23(18,4)5)31-32(22(14)28-11)10-17-15(24)7-6-8-26-17;1-2/h6-9H,3,10H2,1-2,4-5H3,(H,27,29,30);1-2H3. The second-order valence-electron chi connectivity index (χ2n) is 8.45. The molecule has 34 heavy (non-hydrogen) atoms. The Hall–Kier alpha value is -3.75.